The number of esters is 1. The molecule has 118 valence electrons. The molecule has 1 aromatic carbocycles. The number of aliphatic imine (C=N–C) groups is 1. The van der Waals surface area contributed by atoms with E-state index in [0.29, 0.717) is 11.6 Å². The molecule has 0 atom stereocenters. The van der Waals surface area contributed by atoms with Crippen LogP contribution >= 0.6 is 11.3 Å². The smallest absolute Gasteiger partial charge is 0.363 e. The summed E-state index contributed by atoms with van der Waals surface area (Å²) in [5.41, 5.74) is 2.49. The second-order valence-corrected chi connectivity index (χ2v) is 7.93. The second-order valence-electron chi connectivity index (χ2n) is 6.61. The Kier molecular flexibility index (Phi) is 3.94. The van der Waals surface area contributed by atoms with Crippen molar-refractivity contribution in [2.75, 3.05) is 0 Å². The largest absolute Gasteiger partial charge is 0.402 e. The first-order valence-corrected chi connectivity index (χ1v) is 8.34. The summed E-state index contributed by atoms with van der Waals surface area (Å²) in [5, 5.41) is 0. The van der Waals surface area contributed by atoms with Gasteiger partial charge < -0.3 is 4.74 Å². The number of rotatable bonds is 2. The number of aryl methyl sites for hydroxylation is 1. The molecule has 0 radical (unpaired) electrons. The quantitative estimate of drug-likeness (QED) is 0.593. The molecule has 23 heavy (non-hydrogen) atoms. The maximum absolute atomic E-state index is 12.0. The summed E-state index contributed by atoms with van der Waals surface area (Å²) in [6.07, 6.45) is 1.77. The van der Waals surface area contributed by atoms with E-state index in [0.717, 1.165) is 10.4 Å². The van der Waals surface area contributed by atoms with E-state index in [1.807, 2.05) is 31.2 Å². The minimum absolute atomic E-state index is 0.0920. The van der Waals surface area contributed by atoms with Crippen LogP contribution in [0.1, 0.15) is 41.7 Å². The topological polar surface area (TPSA) is 38.7 Å². The van der Waals surface area contributed by atoms with Crippen molar-refractivity contribution in [2.45, 2.75) is 33.1 Å². The first-order chi connectivity index (χ1) is 10.8. The summed E-state index contributed by atoms with van der Waals surface area (Å²) in [7, 11) is 0. The minimum atomic E-state index is -0.397. The third-order valence-corrected chi connectivity index (χ3v) is 4.61. The zero-order valence-corrected chi connectivity index (χ0v) is 14.5. The van der Waals surface area contributed by atoms with Gasteiger partial charge in [0.05, 0.1) is 0 Å². The van der Waals surface area contributed by atoms with Gasteiger partial charge in [0.25, 0.3) is 0 Å². The maximum atomic E-state index is 12.0. The lowest BCUT2D eigenvalue weighted by atomic mass is 9.87. The van der Waals surface area contributed by atoms with E-state index in [9.17, 15) is 4.79 Å². The Hall–Kier alpha value is -2.20. The monoisotopic (exact) mass is 325 g/mol. The molecule has 3 rings (SSSR count). The van der Waals surface area contributed by atoms with Gasteiger partial charge in [-0.05, 0) is 48.2 Å². The third kappa shape index (κ3) is 3.42. The van der Waals surface area contributed by atoms with Crippen molar-refractivity contribution in [1.29, 1.82) is 0 Å². The molecule has 0 saturated carbocycles. The molecule has 0 unspecified atom stereocenters. The highest BCUT2D eigenvalue weighted by atomic mass is 32.1. The number of thiophene rings is 1. The molecule has 1 aromatic heterocycles. The third-order valence-electron chi connectivity index (χ3n) is 3.66. The molecule has 0 saturated heterocycles. The van der Waals surface area contributed by atoms with E-state index < -0.39 is 5.97 Å². The number of benzene rings is 1. The van der Waals surface area contributed by atoms with Crippen LogP contribution in [0.4, 0.5) is 0 Å². The number of cyclic esters (lactones) is 1. The summed E-state index contributed by atoms with van der Waals surface area (Å²) >= 11 is 1.62. The van der Waals surface area contributed by atoms with Crippen LogP contribution in [0.2, 0.25) is 0 Å². The van der Waals surface area contributed by atoms with Gasteiger partial charge in [-0.1, -0.05) is 32.9 Å². The molecule has 0 bridgehead atoms. The number of ether oxygens (including phenoxy) is 1. The van der Waals surface area contributed by atoms with Crippen molar-refractivity contribution in [1.82, 2.24) is 0 Å². The minimum Gasteiger partial charge on any atom is -0.402 e. The molecule has 0 aliphatic carbocycles. The summed E-state index contributed by atoms with van der Waals surface area (Å²) in [5.74, 6) is -0.0269. The normalized spacial score (nSPS) is 16.6. The summed E-state index contributed by atoms with van der Waals surface area (Å²) in [6, 6.07) is 12.0. The van der Waals surface area contributed by atoms with Crippen LogP contribution in [0.3, 0.4) is 0 Å². The van der Waals surface area contributed by atoms with Crippen molar-refractivity contribution < 1.29 is 9.53 Å². The van der Waals surface area contributed by atoms with Gasteiger partial charge in [0.1, 0.15) is 0 Å². The fourth-order valence-corrected chi connectivity index (χ4v) is 3.13. The molecule has 3 nitrogen and oxygen atoms in total. The number of nitrogens with zero attached hydrogens (tertiary/aromatic N) is 1. The van der Waals surface area contributed by atoms with E-state index in [2.05, 4.69) is 37.9 Å². The molecule has 0 amide bonds. The molecule has 4 heteroatoms. The molecular weight excluding hydrogens is 306 g/mol. The van der Waals surface area contributed by atoms with Crippen molar-refractivity contribution in [3.63, 3.8) is 0 Å². The van der Waals surface area contributed by atoms with Crippen LogP contribution < -0.4 is 0 Å². The summed E-state index contributed by atoms with van der Waals surface area (Å²) in [6.45, 7) is 8.53. The van der Waals surface area contributed by atoms with E-state index in [4.69, 9.17) is 4.74 Å². The van der Waals surface area contributed by atoms with Gasteiger partial charge in [0, 0.05) is 15.3 Å². The Morgan fingerprint density at radius 1 is 1.09 bits per heavy atom. The number of carbonyl (C=O) groups is 1. The average Bonchev–Trinajstić information content (AvgIpc) is 3.05. The van der Waals surface area contributed by atoms with Gasteiger partial charge in [-0.2, -0.15) is 0 Å². The SMILES string of the molecule is Cc1ccc(/C=C2/N=C(c3ccc(C(C)(C)C)cc3)OC2=O)s1. The lowest BCUT2D eigenvalue weighted by molar-refractivity contribution is -0.129. The fourth-order valence-electron chi connectivity index (χ4n) is 2.31. The summed E-state index contributed by atoms with van der Waals surface area (Å²) in [4.78, 5) is 18.5. The number of hydrogen-bond donors (Lipinski definition) is 0. The zero-order valence-electron chi connectivity index (χ0n) is 13.7. The lowest BCUT2D eigenvalue weighted by Gasteiger charge is -2.18. The van der Waals surface area contributed by atoms with Gasteiger partial charge >= 0.3 is 5.97 Å². The molecular formula is C19H19NO2S. The highest BCUT2D eigenvalue weighted by Gasteiger charge is 2.24. The van der Waals surface area contributed by atoms with Crippen LogP contribution in [-0.4, -0.2) is 11.9 Å². The van der Waals surface area contributed by atoms with Crippen molar-refractivity contribution in [3.8, 4) is 0 Å². The Bertz CT molecular complexity index is 805. The number of carbonyl (C=O) groups excluding carboxylic acids is 1. The van der Waals surface area contributed by atoms with Gasteiger partial charge in [-0.15, -0.1) is 11.3 Å². The van der Waals surface area contributed by atoms with Crippen molar-refractivity contribution in [3.05, 3.63) is 63.0 Å². The molecule has 0 spiro atoms. The Labute approximate surface area is 140 Å². The average molecular weight is 325 g/mol. The molecule has 0 fully saturated rings. The Morgan fingerprint density at radius 3 is 2.35 bits per heavy atom. The second kappa shape index (κ2) is 5.78. The van der Waals surface area contributed by atoms with E-state index in [-0.39, 0.29) is 5.41 Å². The zero-order chi connectivity index (χ0) is 16.6. The van der Waals surface area contributed by atoms with E-state index in [1.54, 1.807) is 17.4 Å². The highest BCUT2D eigenvalue weighted by molar-refractivity contribution is 7.12. The first kappa shape index (κ1) is 15.7. The van der Waals surface area contributed by atoms with Crippen LogP contribution in [0.15, 0.2) is 47.1 Å². The first-order valence-electron chi connectivity index (χ1n) is 7.53. The molecule has 0 N–H and O–H groups in total. The van der Waals surface area contributed by atoms with Gasteiger partial charge in [0.15, 0.2) is 5.70 Å². The standard InChI is InChI=1S/C19H19NO2S/c1-12-5-10-15(23-12)11-16-18(21)22-17(20-16)13-6-8-14(9-7-13)19(2,3)4/h5-11H,1-4H3/b16-11+. The van der Waals surface area contributed by atoms with Crippen LogP contribution in [-0.2, 0) is 14.9 Å². The van der Waals surface area contributed by atoms with Gasteiger partial charge in [-0.25, -0.2) is 9.79 Å². The van der Waals surface area contributed by atoms with Gasteiger partial charge in [-0.3, -0.25) is 0 Å². The Balaban J connectivity index is 1.88. The lowest BCUT2D eigenvalue weighted by Crippen LogP contribution is -2.11. The van der Waals surface area contributed by atoms with Crippen LogP contribution in [0, 0.1) is 6.92 Å². The van der Waals surface area contributed by atoms with Crippen LogP contribution in [0.25, 0.3) is 6.08 Å². The molecule has 2 heterocycles. The van der Waals surface area contributed by atoms with Crippen LogP contribution in [0.5, 0.6) is 0 Å². The van der Waals surface area contributed by atoms with E-state index in [1.165, 1.54) is 10.4 Å². The molecule has 2 aromatic rings. The molecule has 1 aliphatic heterocycles. The summed E-state index contributed by atoms with van der Waals surface area (Å²) < 4.78 is 5.31. The fraction of sp³-hybridized carbons (Fsp3) is 0.263. The predicted molar refractivity (Wildman–Crippen MR) is 94.8 cm³/mol. The number of hydrogen-bond acceptors (Lipinski definition) is 4. The van der Waals surface area contributed by atoms with Crippen molar-refractivity contribution >= 4 is 29.3 Å². The Morgan fingerprint density at radius 2 is 1.78 bits per heavy atom. The van der Waals surface area contributed by atoms with Crippen molar-refractivity contribution in [2.24, 2.45) is 4.99 Å². The van der Waals surface area contributed by atoms with E-state index >= 15 is 0 Å². The maximum Gasteiger partial charge on any atom is 0.363 e. The predicted octanol–water partition coefficient (Wildman–Crippen LogP) is 4.70. The molecule has 1 aliphatic rings. The highest BCUT2D eigenvalue weighted by Crippen LogP contribution is 2.25. The van der Waals surface area contributed by atoms with Gasteiger partial charge in [0.2, 0.25) is 5.90 Å².